The summed E-state index contributed by atoms with van der Waals surface area (Å²) in [6, 6.07) is 10.7. The lowest BCUT2D eigenvalue weighted by Gasteiger charge is -2.14. The van der Waals surface area contributed by atoms with Gasteiger partial charge in [-0.2, -0.15) is 0 Å². The molecule has 6 heteroatoms. The number of rotatable bonds is 7. The second kappa shape index (κ2) is 8.45. The smallest absolute Gasteiger partial charge is 0.224 e. The minimum atomic E-state index is -0.0887. The first-order chi connectivity index (χ1) is 11.6. The highest BCUT2D eigenvalue weighted by atomic mass is 35.5. The molecule has 1 N–H and O–H groups in total. The molecule has 0 aliphatic rings. The quantitative estimate of drug-likeness (QED) is 0.833. The topological polar surface area (TPSA) is 56.8 Å². The number of ether oxygens (including phenoxy) is 3. The van der Waals surface area contributed by atoms with Gasteiger partial charge in [-0.05, 0) is 23.8 Å². The highest BCUT2D eigenvalue weighted by Gasteiger charge is 2.13. The van der Waals surface area contributed by atoms with Crippen LogP contribution in [0.4, 0.5) is 0 Å². The van der Waals surface area contributed by atoms with Gasteiger partial charge in [0.2, 0.25) is 5.91 Å². The summed E-state index contributed by atoms with van der Waals surface area (Å²) in [6.45, 7) is 0.329. The second-order valence-corrected chi connectivity index (χ2v) is 5.54. The van der Waals surface area contributed by atoms with Crippen molar-refractivity contribution >= 4 is 17.5 Å². The summed E-state index contributed by atoms with van der Waals surface area (Å²) >= 11 is 5.84. The van der Waals surface area contributed by atoms with Crippen molar-refractivity contribution in [2.45, 2.75) is 13.0 Å². The first-order valence-electron chi connectivity index (χ1n) is 7.37. The summed E-state index contributed by atoms with van der Waals surface area (Å²) in [6.07, 6.45) is 0.284. The largest absolute Gasteiger partial charge is 0.496 e. The van der Waals surface area contributed by atoms with Crippen LogP contribution in [0.2, 0.25) is 5.02 Å². The lowest BCUT2D eigenvalue weighted by Crippen LogP contribution is -2.24. The number of hydrogen-bond acceptors (Lipinski definition) is 4. The average Bonchev–Trinajstić information content (AvgIpc) is 2.61. The number of amides is 1. The molecule has 0 spiro atoms. The SMILES string of the molecule is COc1cc(OC)c(OC)cc1CNC(=O)Cc1ccc(Cl)cc1. The highest BCUT2D eigenvalue weighted by Crippen LogP contribution is 2.34. The Hall–Kier alpha value is -2.40. The predicted molar refractivity (Wildman–Crippen MR) is 93.1 cm³/mol. The zero-order chi connectivity index (χ0) is 17.5. The molecule has 0 fully saturated rings. The monoisotopic (exact) mass is 349 g/mol. The molecule has 0 aliphatic carbocycles. The van der Waals surface area contributed by atoms with Crippen LogP contribution in [0.3, 0.4) is 0 Å². The summed E-state index contributed by atoms with van der Waals surface area (Å²) < 4.78 is 15.9. The average molecular weight is 350 g/mol. The first kappa shape index (κ1) is 17.9. The van der Waals surface area contributed by atoms with Gasteiger partial charge in [-0.15, -0.1) is 0 Å². The van der Waals surface area contributed by atoms with Crippen molar-refractivity contribution in [3.63, 3.8) is 0 Å². The molecule has 2 aromatic rings. The van der Waals surface area contributed by atoms with Crippen molar-refractivity contribution in [3.8, 4) is 17.2 Å². The first-order valence-corrected chi connectivity index (χ1v) is 7.75. The van der Waals surface area contributed by atoms with Crippen LogP contribution in [-0.4, -0.2) is 27.2 Å². The maximum atomic E-state index is 12.1. The molecule has 0 atom stereocenters. The van der Waals surface area contributed by atoms with Gasteiger partial charge in [0, 0.05) is 23.2 Å². The molecular formula is C18H20ClNO4. The Kier molecular flexibility index (Phi) is 6.32. The number of carbonyl (C=O) groups is 1. The van der Waals surface area contributed by atoms with Gasteiger partial charge in [0.25, 0.3) is 0 Å². The zero-order valence-corrected chi connectivity index (χ0v) is 14.6. The molecule has 0 saturated carbocycles. The lowest BCUT2D eigenvalue weighted by atomic mass is 10.1. The van der Waals surface area contributed by atoms with E-state index in [4.69, 9.17) is 25.8 Å². The summed E-state index contributed by atoms with van der Waals surface area (Å²) in [4.78, 5) is 12.1. The lowest BCUT2D eigenvalue weighted by molar-refractivity contribution is -0.120. The van der Waals surface area contributed by atoms with Gasteiger partial charge < -0.3 is 19.5 Å². The Morgan fingerprint density at radius 3 is 2.12 bits per heavy atom. The van der Waals surface area contributed by atoms with Gasteiger partial charge in [0.05, 0.1) is 27.8 Å². The molecule has 0 heterocycles. The fraction of sp³-hybridized carbons (Fsp3) is 0.278. The third-order valence-corrected chi connectivity index (χ3v) is 3.79. The van der Waals surface area contributed by atoms with E-state index in [0.29, 0.717) is 28.8 Å². The van der Waals surface area contributed by atoms with Crippen LogP contribution in [0.1, 0.15) is 11.1 Å². The molecular weight excluding hydrogens is 330 g/mol. The van der Waals surface area contributed by atoms with Crippen molar-refractivity contribution in [1.29, 1.82) is 0 Å². The standard InChI is InChI=1S/C18H20ClNO4/c1-22-15-10-17(24-3)16(23-2)9-13(15)11-20-18(21)8-12-4-6-14(19)7-5-12/h4-7,9-10H,8,11H2,1-3H3,(H,20,21). The summed E-state index contributed by atoms with van der Waals surface area (Å²) in [5.74, 6) is 1.69. The fourth-order valence-electron chi connectivity index (χ4n) is 2.27. The third kappa shape index (κ3) is 4.55. The third-order valence-electron chi connectivity index (χ3n) is 3.54. The number of nitrogens with one attached hydrogen (secondary N) is 1. The Labute approximate surface area is 146 Å². The molecule has 0 unspecified atom stereocenters. The van der Waals surface area contributed by atoms with Crippen molar-refractivity contribution in [3.05, 3.63) is 52.5 Å². The predicted octanol–water partition coefficient (Wildman–Crippen LogP) is 3.22. The van der Waals surface area contributed by atoms with Gasteiger partial charge in [0.15, 0.2) is 11.5 Å². The maximum absolute atomic E-state index is 12.1. The molecule has 0 bridgehead atoms. The minimum Gasteiger partial charge on any atom is -0.496 e. The second-order valence-electron chi connectivity index (χ2n) is 5.10. The number of carbonyl (C=O) groups excluding carboxylic acids is 1. The van der Waals surface area contributed by atoms with Gasteiger partial charge >= 0.3 is 0 Å². The van der Waals surface area contributed by atoms with E-state index in [1.54, 1.807) is 45.6 Å². The van der Waals surface area contributed by atoms with Crippen LogP contribution >= 0.6 is 11.6 Å². The van der Waals surface area contributed by atoms with Gasteiger partial charge in [0.1, 0.15) is 5.75 Å². The van der Waals surface area contributed by atoms with E-state index in [-0.39, 0.29) is 12.3 Å². The molecule has 2 aromatic carbocycles. The van der Waals surface area contributed by atoms with E-state index in [1.165, 1.54) is 0 Å². The zero-order valence-electron chi connectivity index (χ0n) is 13.9. The molecule has 24 heavy (non-hydrogen) atoms. The Bertz CT molecular complexity index is 701. The minimum absolute atomic E-state index is 0.0887. The van der Waals surface area contributed by atoms with Crippen molar-refractivity contribution < 1.29 is 19.0 Å². The molecule has 5 nitrogen and oxygen atoms in total. The summed E-state index contributed by atoms with van der Waals surface area (Å²) in [5, 5.41) is 3.52. The van der Waals surface area contributed by atoms with Crippen LogP contribution in [0.25, 0.3) is 0 Å². The van der Waals surface area contributed by atoms with Gasteiger partial charge in [-0.25, -0.2) is 0 Å². The van der Waals surface area contributed by atoms with Crippen LogP contribution in [0, 0.1) is 0 Å². The van der Waals surface area contributed by atoms with E-state index < -0.39 is 0 Å². The maximum Gasteiger partial charge on any atom is 0.224 e. The van der Waals surface area contributed by atoms with E-state index in [0.717, 1.165) is 11.1 Å². The number of halogens is 1. The van der Waals surface area contributed by atoms with E-state index in [9.17, 15) is 4.79 Å². The van der Waals surface area contributed by atoms with Crippen molar-refractivity contribution in [1.82, 2.24) is 5.32 Å². The van der Waals surface area contributed by atoms with Crippen LogP contribution in [0.5, 0.6) is 17.2 Å². The Morgan fingerprint density at radius 1 is 0.958 bits per heavy atom. The molecule has 1 amide bonds. The van der Waals surface area contributed by atoms with Gasteiger partial charge in [-0.3, -0.25) is 4.79 Å². The Balaban J connectivity index is 2.04. The van der Waals surface area contributed by atoms with Crippen molar-refractivity contribution in [2.24, 2.45) is 0 Å². The molecule has 2 rings (SSSR count). The van der Waals surface area contributed by atoms with E-state index in [2.05, 4.69) is 5.32 Å². The number of benzene rings is 2. The molecule has 128 valence electrons. The normalized spacial score (nSPS) is 10.2. The Morgan fingerprint density at radius 2 is 1.54 bits per heavy atom. The molecule has 0 saturated heterocycles. The number of methoxy groups -OCH3 is 3. The molecule has 0 aromatic heterocycles. The fourth-order valence-corrected chi connectivity index (χ4v) is 2.40. The number of hydrogen-bond donors (Lipinski definition) is 1. The van der Waals surface area contributed by atoms with Crippen LogP contribution in [0.15, 0.2) is 36.4 Å². The van der Waals surface area contributed by atoms with Crippen LogP contribution < -0.4 is 19.5 Å². The van der Waals surface area contributed by atoms with E-state index in [1.807, 2.05) is 12.1 Å². The highest BCUT2D eigenvalue weighted by molar-refractivity contribution is 6.30. The summed E-state index contributed by atoms with van der Waals surface area (Å²) in [7, 11) is 4.69. The van der Waals surface area contributed by atoms with Crippen LogP contribution in [-0.2, 0) is 17.8 Å². The molecule has 0 radical (unpaired) electrons. The van der Waals surface area contributed by atoms with Gasteiger partial charge in [-0.1, -0.05) is 23.7 Å². The molecule has 0 aliphatic heterocycles. The van der Waals surface area contributed by atoms with Crippen molar-refractivity contribution in [2.75, 3.05) is 21.3 Å². The summed E-state index contributed by atoms with van der Waals surface area (Å²) in [5.41, 5.74) is 1.70. The van der Waals surface area contributed by atoms with E-state index >= 15 is 0 Å².